The van der Waals surface area contributed by atoms with Gasteiger partial charge in [0.2, 0.25) is 5.82 Å². The molecule has 0 saturated heterocycles. The van der Waals surface area contributed by atoms with Gasteiger partial charge in [0.1, 0.15) is 5.82 Å². The maximum absolute atomic E-state index is 12.9. The van der Waals surface area contributed by atoms with Crippen LogP contribution in [0.5, 0.6) is 0 Å². The maximum Gasteiger partial charge on any atom is 0.316 e. The number of nitrogens with one attached hydrogen (secondary N) is 1. The third-order valence-electron chi connectivity index (χ3n) is 4.22. The van der Waals surface area contributed by atoms with Gasteiger partial charge in [0.05, 0.1) is 16.9 Å². The van der Waals surface area contributed by atoms with Crippen molar-refractivity contribution in [2.45, 2.75) is 13.5 Å². The molecule has 0 aliphatic heterocycles. The number of hydrogen-bond donors (Lipinski definition) is 1. The molecule has 0 spiro atoms. The highest BCUT2D eigenvalue weighted by Crippen LogP contribution is 2.22. The number of aromatic nitrogens is 4. The van der Waals surface area contributed by atoms with Crippen LogP contribution in [0.1, 0.15) is 21.9 Å². The van der Waals surface area contributed by atoms with Crippen molar-refractivity contribution in [2.24, 2.45) is 0 Å². The summed E-state index contributed by atoms with van der Waals surface area (Å²) in [4.78, 5) is 16.4. The molecule has 1 amide bonds. The molecule has 29 heavy (non-hydrogen) atoms. The Bertz CT molecular complexity index is 1150. The maximum atomic E-state index is 12.9. The second kappa shape index (κ2) is 7.96. The van der Waals surface area contributed by atoms with E-state index in [-0.39, 0.29) is 24.1 Å². The molecule has 1 N–H and O–H groups in total. The fraction of sp³-hybridized carbons (Fsp3) is 0.100. The minimum atomic E-state index is -0.508. The Morgan fingerprint density at radius 1 is 1.17 bits per heavy atom. The Balaban J connectivity index is 1.49. The molecule has 0 fully saturated rings. The van der Waals surface area contributed by atoms with Gasteiger partial charge in [0.15, 0.2) is 0 Å². The number of hydrogen-bond acceptors (Lipinski definition) is 5. The van der Waals surface area contributed by atoms with Crippen molar-refractivity contribution < 1.29 is 13.7 Å². The van der Waals surface area contributed by atoms with E-state index in [1.54, 1.807) is 23.0 Å². The predicted octanol–water partition coefficient (Wildman–Crippen LogP) is 4.06. The second-order valence-electron chi connectivity index (χ2n) is 6.28. The molecular weight excluding hydrogens is 441 g/mol. The largest absolute Gasteiger partial charge is 0.344 e. The van der Waals surface area contributed by atoms with Gasteiger partial charge in [-0.15, -0.1) is 0 Å². The third-order valence-corrected chi connectivity index (χ3v) is 4.75. The van der Waals surface area contributed by atoms with Gasteiger partial charge in [-0.05, 0) is 48.9 Å². The first kappa shape index (κ1) is 19.0. The van der Waals surface area contributed by atoms with E-state index >= 15 is 0 Å². The average molecular weight is 456 g/mol. The first-order chi connectivity index (χ1) is 14.0. The molecule has 9 heteroatoms. The quantitative estimate of drug-likeness (QED) is 0.490. The molecule has 0 saturated carbocycles. The molecule has 7 nitrogen and oxygen atoms in total. The van der Waals surface area contributed by atoms with Gasteiger partial charge in [0.25, 0.3) is 0 Å². The summed E-state index contributed by atoms with van der Waals surface area (Å²) in [7, 11) is 0. The molecule has 2 aromatic carbocycles. The molecule has 2 heterocycles. The van der Waals surface area contributed by atoms with Gasteiger partial charge in [-0.3, -0.25) is 4.79 Å². The third kappa shape index (κ3) is 4.24. The number of amides is 1. The van der Waals surface area contributed by atoms with Gasteiger partial charge in [0, 0.05) is 17.2 Å². The number of halogens is 2. The standard InChI is InChI=1S/C20H15BrFN5O2/c1-12-17(11-27(25-12)16-8-4-14(21)5-9-16)18-24-20(29-26-18)19(28)23-10-13-2-6-15(22)7-3-13/h2-9,11H,10H2,1H3,(H,23,28). The van der Waals surface area contributed by atoms with Gasteiger partial charge in [-0.2, -0.15) is 10.1 Å². The van der Waals surface area contributed by atoms with E-state index in [2.05, 4.69) is 36.5 Å². The Morgan fingerprint density at radius 3 is 2.62 bits per heavy atom. The van der Waals surface area contributed by atoms with E-state index in [4.69, 9.17) is 4.52 Å². The van der Waals surface area contributed by atoms with E-state index in [0.29, 0.717) is 11.3 Å². The minimum Gasteiger partial charge on any atom is -0.344 e. The molecule has 0 aliphatic rings. The normalized spacial score (nSPS) is 10.9. The fourth-order valence-electron chi connectivity index (χ4n) is 2.69. The summed E-state index contributed by atoms with van der Waals surface area (Å²) in [6.45, 7) is 2.05. The molecule has 2 aromatic heterocycles. The first-order valence-electron chi connectivity index (χ1n) is 8.68. The number of carbonyl (C=O) groups is 1. The van der Waals surface area contributed by atoms with Crippen LogP contribution in [0.15, 0.2) is 63.7 Å². The van der Waals surface area contributed by atoms with Crippen molar-refractivity contribution in [1.82, 2.24) is 25.2 Å². The Hall–Kier alpha value is -3.33. The van der Waals surface area contributed by atoms with Crippen LogP contribution < -0.4 is 5.32 Å². The van der Waals surface area contributed by atoms with Crippen molar-refractivity contribution in [3.63, 3.8) is 0 Å². The van der Waals surface area contributed by atoms with E-state index in [9.17, 15) is 9.18 Å². The highest BCUT2D eigenvalue weighted by atomic mass is 79.9. The molecular formula is C20H15BrFN5O2. The Labute approximate surface area is 173 Å². The lowest BCUT2D eigenvalue weighted by Gasteiger charge is -2.01. The topological polar surface area (TPSA) is 85.8 Å². The Kier molecular flexibility index (Phi) is 5.22. The SMILES string of the molecule is Cc1nn(-c2ccc(Br)cc2)cc1-c1noc(C(=O)NCc2ccc(F)cc2)n1. The molecule has 4 aromatic rings. The van der Waals surface area contributed by atoms with Crippen LogP contribution in [-0.4, -0.2) is 25.8 Å². The van der Waals surface area contributed by atoms with Gasteiger partial charge in [-0.25, -0.2) is 9.07 Å². The van der Waals surface area contributed by atoms with E-state index in [0.717, 1.165) is 15.7 Å². The lowest BCUT2D eigenvalue weighted by molar-refractivity contribution is 0.0907. The number of benzene rings is 2. The summed E-state index contributed by atoms with van der Waals surface area (Å²) in [5.74, 6) is -0.720. The van der Waals surface area contributed by atoms with Crippen LogP contribution >= 0.6 is 15.9 Å². The predicted molar refractivity (Wildman–Crippen MR) is 107 cm³/mol. The van der Waals surface area contributed by atoms with Crippen molar-refractivity contribution in [3.8, 4) is 17.1 Å². The number of aryl methyl sites for hydroxylation is 1. The summed E-state index contributed by atoms with van der Waals surface area (Å²) >= 11 is 3.40. The highest BCUT2D eigenvalue weighted by molar-refractivity contribution is 9.10. The highest BCUT2D eigenvalue weighted by Gasteiger charge is 2.19. The molecule has 146 valence electrons. The summed E-state index contributed by atoms with van der Waals surface area (Å²) in [5, 5.41) is 11.0. The number of nitrogens with zero attached hydrogens (tertiary/aromatic N) is 4. The number of rotatable bonds is 5. The smallest absolute Gasteiger partial charge is 0.316 e. The summed E-state index contributed by atoms with van der Waals surface area (Å²) < 4.78 is 20.7. The van der Waals surface area contributed by atoms with Gasteiger partial charge < -0.3 is 9.84 Å². The van der Waals surface area contributed by atoms with Crippen molar-refractivity contribution >= 4 is 21.8 Å². The zero-order valence-corrected chi connectivity index (χ0v) is 16.9. The second-order valence-corrected chi connectivity index (χ2v) is 7.20. The molecule has 4 rings (SSSR count). The zero-order valence-electron chi connectivity index (χ0n) is 15.3. The van der Waals surface area contributed by atoms with E-state index in [1.165, 1.54) is 12.1 Å². The summed E-state index contributed by atoms with van der Waals surface area (Å²) in [6, 6.07) is 13.5. The van der Waals surface area contributed by atoms with Crippen LogP contribution in [0.4, 0.5) is 4.39 Å². The van der Waals surface area contributed by atoms with Gasteiger partial charge in [-0.1, -0.05) is 33.2 Å². The number of carbonyl (C=O) groups excluding carboxylic acids is 1. The lowest BCUT2D eigenvalue weighted by Crippen LogP contribution is -2.23. The van der Waals surface area contributed by atoms with Crippen LogP contribution in [-0.2, 0) is 6.54 Å². The Morgan fingerprint density at radius 2 is 1.90 bits per heavy atom. The van der Waals surface area contributed by atoms with Crippen LogP contribution in [0, 0.1) is 12.7 Å². The van der Waals surface area contributed by atoms with E-state index < -0.39 is 5.91 Å². The summed E-state index contributed by atoms with van der Waals surface area (Å²) in [6.07, 6.45) is 1.78. The molecule has 0 radical (unpaired) electrons. The van der Waals surface area contributed by atoms with E-state index in [1.807, 2.05) is 31.2 Å². The summed E-state index contributed by atoms with van der Waals surface area (Å²) in [5.41, 5.74) is 3.00. The molecule has 0 aliphatic carbocycles. The van der Waals surface area contributed by atoms with Gasteiger partial charge >= 0.3 is 11.8 Å². The molecule has 0 bridgehead atoms. The van der Waals surface area contributed by atoms with Crippen molar-refractivity contribution in [1.29, 1.82) is 0 Å². The van der Waals surface area contributed by atoms with Crippen LogP contribution in [0.2, 0.25) is 0 Å². The van der Waals surface area contributed by atoms with Crippen LogP contribution in [0.3, 0.4) is 0 Å². The van der Waals surface area contributed by atoms with Crippen LogP contribution in [0.25, 0.3) is 17.1 Å². The monoisotopic (exact) mass is 455 g/mol. The van der Waals surface area contributed by atoms with Crippen molar-refractivity contribution in [2.75, 3.05) is 0 Å². The van der Waals surface area contributed by atoms with Crippen molar-refractivity contribution in [3.05, 3.63) is 82.2 Å². The first-order valence-corrected chi connectivity index (χ1v) is 9.48. The molecule has 0 unspecified atom stereocenters. The molecule has 0 atom stereocenters. The lowest BCUT2D eigenvalue weighted by atomic mass is 10.2. The zero-order chi connectivity index (χ0) is 20.4. The fourth-order valence-corrected chi connectivity index (χ4v) is 2.96. The minimum absolute atomic E-state index is 0.155. The average Bonchev–Trinajstić information content (AvgIpc) is 3.35.